The Morgan fingerprint density at radius 3 is 2.48 bits per heavy atom. The van der Waals surface area contributed by atoms with E-state index in [0.29, 0.717) is 16.9 Å². The van der Waals surface area contributed by atoms with Crippen LogP contribution in [0.25, 0.3) is 11.4 Å². The number of aromatic nitrogens is 3. The van der Waals surface area contributed by atoms with E-state index in [0.717, 1.165) is 23.3 Å². The Hall–Kier alpha value is -2.80. The monoisotopic (exact) mass is 438 g/mol. The molecule has 7 heteroatoms. The highest BCUT2D eigenvalue weighted by molar-refractivity contribution is 7.99. The van der Waals surface area contributed by atoms with Gasteiger partial charge in [-0.25, -0.2) is 0 Å². The topological polar surface area (TPSA) is 69.0 Å². The van der Waals surface area contributed by atoms with Crippen LogP contribution >= 0.6 is 11.8 Å². The quantitative estimate of drug-likeness (QED) is 0.492. The number of nitrogens with one attached hydrogen (secondary N) is 1. The second kappa shape index (κ2) is 10.5. The van der Waals surface area contributed by atoms with Gasteiger partial charge < -0.3 is 14.6 Å². The Kier molecular flexibility index (Phi) is 7.74. The number of para-hydroxylation sites is 1. The van der Waals surface area contributed by atoms with Crippen LogP contribution in [0.4, 0.5) is 0 Å². The number of nitrogens with zero attached hydrogens (tertiary/aromatic N) is 3. The largest absolute Gasteiger partial charge is 0.496 e. The normalized spacial score (nSPS) is 12.1. The molecule has 3 rings (SSSR count). The first-order valence-electron chi connectivity index (χ1n) is 10.4. The first kappa shape index (κ1) is 22.9. The van der Waals surface area contributed by atoms with Crippen LogP contribution in [0.3, 0.4) is 0 Å². The van der Waals surface area contributed by atoms with Crippen LogP contribution in [0.5, 0.6) is 5.75 Å². The fourth-order valence-electron chi connectivity index (χ4n) is 3.41. The van der Waals surface area contributed by atoms with Crippen LogP contribution < -0.4 is 10.1 Å². The van der Waals surface area contributed by atoms with E-state index in [4.69, 9.17) is 4.74 Å². The number of ether oxygens (including phenoxy) is 1. The van der Waals surface area contributed by atoms with E-state index < -0.39 is 0 Å². The molecule has 1 unspecified atom stereocenters. The summed E-state index contributed by atoms with van der Waals surface area (Å²) in [5.74, 6) is 2.30. The lowest BCUT2D eigenvalue weighted by Crippen LogP contribution is -2.28. The third-order valence-electron chi connectivity index (χ3n) is 5.02. The lowest BCUT2D eigenvalue weighted by molar-refractivity contribution is -0.119. The number of hydrogen-bond donors (Lipinski definition) is 1. The van der Waals surface area contributed by atoms with Gasteiger partial charge in [0.25, 0.3) is 0 Å². The van der Waals surface area contributed by atoms with E-state index >= 15 is 0 Å². The van der Waals surface area contributed by atoms with Gasteiger partial charge in [0, 0.05) is 7.05 Å². The minimum absolute atomic E-state index is 0.0365. The van der Waals surface area contributed by atoms with E-state index in [1.54, 1.807) is 7.11 Å². The lowest BCUT2D eigenvalue weighted by atomic mass is 10.00. The van der Waals surface area contributed by atoms with Gasteiger partial charge in [0.1, 0.15) is 5.75 Å². The predicted octanol–water partition coefficient (Wildman–Crippen LogP) is 4.66. The van der Waals surface area contributed by atoms with Gasteiger partial charge in [-0.05, 0) is 42.5 Å². The number of benzene rings is 2. The molecule has 0 bridgehead atoms. The Labute approximate surface area is 188 Å². The molecular weight excluding hydrogens is 408 g/mol. The number of hydrogen-bond acceptors (Lipinski definition) is 5. The van der Waals surface area contributed by atoms with Crippen molar-refractivity contribution < 1.29 is 9.53 Å². The van der Waals surface area contributed by atoms with Gasteiger partial charge in [-0.2, -0.15) is 0 Å². The Morgan fingerprint density at radius 1 is 1.10 bits per heavy atom. The molecule has 0 aliphatic carbocycles. The van der Waals surface area contributed by atoms with Crippen molar-refractivity contribution >= 4 is 17.7 Å². The molecule has 1 amide bonds. The number of rotatable bonds is 9. The summed E-state index contributed by atoms with van der Waals surface area (Å²) in [6.07, 6.45) is 1.06. The molecule has 6 nitrogen and oxygen atoms in total. The highest BCUT2D eigenvalue weighted by Crippen LogP contribution is 2.30. The molecule has 0 aliphatic heterocycles. The van der Waals surface area contributed by atoms with Crippen LogP contribution in [-0.2, 0) is 18.3 Å². The first-order valence-corrected chi connectivity index (χ1v) is 11.4. The zero-order valence-corrected chi connectivity index (χ0v) is 19.6. The van der Waals surface area contributed by atoms with Crippen LogP contribution in [0.2, 0.25) is 0 Å². The molecule has 0 saturated heterocycles. The van der Waals surface area contributed by atoms with Crippen molar-refractivity contribution in [1.82, 2.24) is 20.1 Å². The predicted molar refractivity (Wildman–Crippen MR) is 125 cm³/mol. The molecule has 0 radical (unpaired) electrons. The average Bonchev–Trinajstić information content (AvgIpc) is 3.12. The summed E-state index contributed by atoms with van der Waals surface area (Å²) in [6, 6.07) is 16.1. The van der Waals surface area contributed by atoms with Crippen LogP contribution in [0.1, 0.15) is 37.9 Å². The van der Waals surface area contributed by atoms with Crippen LogP contribution in [-0.4, -0.2) is 33.5 Å². The van der Waals surface area contributed by atoms with E-state index in [-0.39, 0.29) is 17.7 Å². The fourth-order valence-corrected chi connectivity index (χ4v) is 4.14. The SMILES string of the molecule is COc1ccccc1-c1nnc(SCC(=O)NC(C)c2ccc(CC(C)C)cc2)n1C. The van der Waals surface area contributed by atoms with Gasteiger partial charge in [0.05, 0.1) is 24.5 Å². The van der Waals surface area contributed by atoms with Gasteiger partial charge in [0.15, 0.2) is 11.0 Å². The Balaban J connectivity index is 1.58. The summed E-state index contributed by atoms with van der Waals surface area (Å²) in [6.45, 7) is 6.43. The first-order chi connectivity index (χ1) is 14.9. The van der Waals surface area contributed by atoms with Crippen molar-refractivity contribution in [2.24, 2.45) is 13.0 Å². The molecule has 0 spiro atoms. The Bertz CT molecular complexity index is 1010. The van der Waals surface area contributed by atoms with Crippen LogP contribution in [0, 0.1) is 5.92 Å². The number of thioether (sulfide) groups is 1. The highest BCUT2D eigenvalue weighted by Gasteiger charge is 2.16. The minimum Gasteiger partial charge on any atom is -0.496 e. The summed E-state index contributed by atoms with van der Waals surface area (Å²) in [5.41, 5.74) is 3.29. The van der Waals surface area contributed by atoms with Crippen molar-refractivity contribution in [1.29, 1.82) is 0 Å². The summed E-state index contributed by atoms with van der Waals surface area (Å²) in [5, 5.41) is 12.3. The molecule has 31 heavy (non-hydrogen) atoms. The number of carbonyl (C=O) groups excluding carboxylic acids is 1. The van der Waals surface area contributed by atoms with Crippen molar-refractivity contribution in [3.8, 4) is 17.1 Å². The zero-order valence-electron chi connectivity index (χ0n) is 18.8. The van der Waals surface area contributed by atoms with Crippen molar-refractivity contribution in [3.05, 3.63) is 59.7 Å². The van der Waals surface area contributed by atoms with E-state index in [1.807, 2.05) is 42.8 Å². The van der Waals surface area contributed by atoms with E-state index in [9.17, 15) is 4.79 Å². The molecule has 3 aromatic rings. The minimum atomic E-state index is -0.0511. The lowest BCUT2D eigenvalue weighted by Gasteiger charge is -2.15. The number of methoxy groups -OCH3 is 1. The summed E-state index contributed by atoms with van der Waals surface area (Å²) in [4.78, 5) is 12.5. The summed E-state index contributed by atoms with van der Waals surface area (Å²) >= 11 is 1.37. The molecular formula is C24H30N4O2S. The van der Waals surface area contributed by atoms with Gasteiger partial charge in [0.2, 0.25) is 5.91 Å². The molecule has 1 atom stereocenters. The maximum atomic E-state index is 12.5. The average molecular weight is 439 g/mol. The third-order valence-corrected chi connectivity index (χ3v) is 6.04. The molecule has 164 valence electrons. The smallest absolute Gasteiger partial charge is 0.230 e. The van der Waals surface area contributed by atoms with Crippen molar-refractivity contribution in [3.63, 3.8) is 0 Å². The highest BCUT2D eigenvalue weighted by atomic mass is 32.2. The molecule has 1 N–H and O–H groups in total. The van der Waals surface area contributed by atoms with Gasteiger partial charge in [-0.15, -0.1) is 10.2 Å². The Morgan fingerprint density at radius 2 is 1.81 bits per heavy atom. The van der Waals surface area contributed by atoms with Crippen LogP contribution in [0.15, 0.2) is 53.7 Å². The van der Waals surface area contributed by atoms with Crippen molar-refractivity contribution in [2.75, 3.05) is 12.9 Å². The standard InChI is InChI=1S/C24H30N4O2S/c1-16(2)14-18-10-12-19(13-11-18)17(3)25-22(29)15-31-24-27-26-23(28(24)4)20-8-6-7-9-21(20)30-5/h6-13,16-17H,14-15H2,1-5H3,(H,25,29). The maximum absolute atomic E-state index is 12.5. The molecule has 1 aromatic heterocycles. The molecule has 0 saturated carbocycles. The van der Waals surface area contributed by atoms with Crippen molar-refractivity contribution in [2.45, 2.75) is 38.4 Å². The maximum Gasteiger partial charge on any atom is 0.230 e. The van der Waals surface area contributed by atoms with E-state index in [1.165, 1.54) is 17.3 Å². The zero-order chi connectivity index (χ0) is 22.4. The van der Waals surface area contributed by atoms with Gasteiger partial charge in [-0.3, -0.25) is 4.79 Å². The van der Waals surface area contributed by atoms with Gasteiger partial charge in [-0.1, -0.05) is 62.0 Å². The second-order valence-corrected chi connectivity index (χ2v) is 8.93. The third kappa shape index (κ3) is 5.88. The van der Waals surface area contributed by atoms with Gasteiger partial charge >= 0.3 is 0 Å². The number of amides is 1. The molecule has 2 aromatic carbocycles. The molecule has 1 heterocycles. The molecule has 0 aliphatic rings. The fraction of sp³-hybridized carbons (Fsp3) is 0.375. The van der Waals surface area contributed by atoms with E-state index in [2.05, 4.69) is 53.6 Å². The summed E-state index contributed by atoms with van der Waals surface area (Å²) in [7, 11) is 3.53. The summed E-state index contributed by atoms with van der Waals surface area (Å²) < 4.78 is 7.30. The number of carbonyl (C=O) groups is 1. The molecule has 0 fully saturated rings. The second-order valence-electron chi connectivity index (χ2n) is 7.98.